The highest BCUT2D eigenvalue weighted by Gasteiger charge is 2.27. The van der Waals surface area contributed by atoms with E-state index < -0.39 is 11.8 Å². The van der Waals surface area contributed by atoms with Crippen molar-refractivity contribution in [1.82, 2.24) is 4.90 Å². The van der Waals surface area contributed by atoms with Crippen LogP contribution in [0.2, 0.25) is 0 Å². The molecule has 0 bridgehead atoms. The van der Waals surface area contributed by atoms with E-state index in [4.69, 9.17) is 0 Å². The van der Waals surface area contributed by atoms with Gasteiger partial charge in [-0.15, -0.1) is 0 Å². The summed E-state index contributed by atoms with van der Waals surface area (Å²) < 4.78 is 13.1. The van der Waals surface area contributed by atoms with Crippen LogP contribution in [0.5, 0.6) is 0 Å². The van der Waals surface area contributed by atoms with E-state index in [1.165, 1.54) is 12.1 Å². The van der Waals surface area contributed by atoms with Crippen LogP contribution in [0.1, 0.15) is 26.3 Å². The lowest BCUT2D eigenvalue weighted by atomic mass is 9.86. The standard InChI is InChI=1S/C22H26FN3O2/c1-22(2,3)18-6-4-5-7-19(18)24-20(27)21(28)26-14-12-25(13-15-26)17-10-8-16(23)9-11-17/h4-11H,12-15H2,1-3H3,(H,24,27). The third kappa shape index (κ3) is 4.50. The second-order valence-corrected chi connectivity index (χ2v) is 8.01. The summed E-state index contributed by atoms with van der Waals surface area (Å²) in [7, 11) is 0. The maximum Gasteiger partial charge on any atom is 0.313 e. The number of carbonyl (C=O) groups excluding carboxylic acids is 2. The molecule has 0 spiro atoms. The molecule has 1 saturated heterocycles. The Balaban J connectivity index is 1.61. The zero-order valence-corrected chi connectivity index (χ0v) is 16.5. The third-order valence-electron chi connectivity index (χ3n) is 4.94. The molecule has 3 rings (SSSR count). The lowest BCUT2D eigenvalue weighted by Gasteiger charge is -2.35. The van der Waals surface area contributed by atoms with Crippen LogP contribution in [0.25, 0.3) is 0 Å². The van der Waals surface area contributed by atoms with Crippen LogP contribution in [0.3, 0.4) is 0 Å². The Morgan fingerprint density at radius 3 is 2.14 bits per heavy atom. The minimum absolute atomic E-state index is 0.145. The monoisotopic (exact) mass is 383 g/mol. The highest BCUT2D eigenvalue weighted by molar-refractivity contribution is 6.39. The first-order valence-electron chi connectivity index (χ1n) is 9.46. The fourth-order valence-corrected chi connectivity index (χ4v) is 3.39. The van der Waals surface area contributed by atoms with E-state index in [-0.39, 0.29) is 11.2 Å². The Labute approximate surface area is 165 Å². The molecule has 2 aromatic carbocycles. The zero-order valence-electron chi connectivity index (χ0n) is 16.5. The Hall–Kier alpha value is -2.89. The summed E-state index contributed by atoms with van der Waals surface area (Å²) in [6.07, 6.45) is 0. The first-order chi connectivity index (χ1) is 13.3. The highest BCUT2D eigenvalue weighted by Crippen LogP contribution is 2.29. The van der Waals surface area contributed by atoms with Crippen LogP contribution in [-0.4, -0.2) is 42.9 Å². The number of benzene rings is 2. The average molecular weight is 383 g/mol. The molecule has 0 aliphatic carbocycles. The van der Waals surface area contributed by atoms with Gasteiger partial charge in [0.05, 0.1) is 0 Å². The summed E-state index contributed by atoms with van der Waals surface area (Å²) in [5.41, 5.74) is 2.42. The molecule has 6 heteroatoms. The summed E-state index contributed by atoms with van der Waals surface area (Å²) in [4.78, 5) is 28.8. The van der Waals surface area contributed by atoms with Crippen LogP contribution >= 0.6 is 0 Å². The molecule has 0 radical (unpaired) electrons. The summed E-state index contributed by atoms with van der Waals surface area (Å²) in [5.74, 6) is -1.42. The number of nitrogens with one attached hydrogen (secondary N) is 1. The highest BCUT2D eigenvalue weighted by atomic mass is 19.1. The predicted molar refractivity (Wildman–Crippen MR) is 109 cm³/mol. The van der Waals surface area contributed by atoms with Gasteiger partial charge < -0.3 is 15.1 Å². The molecular weight excluding hydrogens is 357 g/mol. The Kier molecular flexibility index (Phi) is 5.68. The molecule has 1 heterocycles. The Bertz CT molecular complexity index is 851. The predicted octanol–water partition coefficient (Wildman–Crippen LogP) is 3.41. The number of para-hydroxylation sites is 1. The second-order valence-electron chi connectivity index (χ2n) is 8.01. The number of hydrogen-bond donors (Lipinski definition) is 1. The van der Waals surface area contributed by atoms with Crippen molar-refractivity contribution in [3.05, 3.63) is 59.9 Å². The molecule has 0 atom stereocenters. The number of piperazine rings is 1. The fourth-order valence-electron chi connectivity index (χ4n) is 3.39. The van der Waals surface area contributed by atoms with Gasteiger partial charge in [0, 0.05) is 37.6 Å². The summed E-state index contributed by atoms with van der Waals surface area (Å²) in [6, 6.07) is 13.8. The largest absolute Gasteiger partial charge is 0.368 e. The summed E-state index contributed by atoms with van der Waals surface area (Å²) in [5, 5.41) is 2.78. The van der Waals surface area contributed by atoms with E-state index in [2.05, 4.69) is 31.0 Å². The smallest absolute Gasteiger partial charge is 0.313 e. The zero-order chi connectivity index (χ0) is 20.3. The lowest BCUT2D eigenvalue weighted by molar-refractivity contribution is -0.143. The molecule has 1 aliphatic rings. The first kappa shape index (κ1) is 19.9. The molecule has 2 aromatic rings. The van der Waals surface area contributed by atoms with Crippen LogP contribution in [0.4, 0.5) is 15.8 Å². The van der Waals surface area contributed by atoms with Crippen molar-refractivity contribution in [3.8, 4) is 0 Å². The quantitative estimate of drug-likeness (QED) is 0.809. The number of anilines is 2. The molecule has 5 nitrogen and oxygen atoms in total. The van der Waals surface area contributed by atoms with Gasteiger partial charge in [-0.3, -0.25) is 9.59 Å². The van der Waals surface area contributed by atoms with Crippen LogP contribution in [-0.2, 0) is 15.0 Å². The number of halogens is 1. The first-order valence-corrected chi connectivity index (χ1v) is 9.46. The van der Waals surface area contributed by atoms with Crippen molar-refractivity contribution < 1.29 is 14.0 Å². The second kappa shape index (κ2) is 8.00. The number of amides is 2. The van der Waals surface area contributed by atoms with E-state index in [0.29, 0.717) is 31.9 Å². The van der Waals surface area contributed by atoms with E-state index in [1.54, 1.807) is 17.0 Å². The van der Waals surface area contributed by atoms with E-state index in [1.807, 2.05) is 24.3 Å². The molecule has 0 saturated carbocycles. The molecule has 148 valence electrons. The maximum absolute atomic E-state index is 13.1. The van der Waals surface area contributed by atoms with Gasteiger partial charge in [0.25, 0.3) is 0 Å². The summed E-state index contributed by atoms with van der Waals surface area (Å²) in [6.45, 7) is 8.29. The van der Waals surface area contributed by atoms with Crippen LogP contribution in [0.15, 0.2) is 48.5 Å². The minimum atomic E-state index is -0.619. The number of hydrogen-bond acceptors (Lipinski definition) is 3. The van der Waals surface area contributed by atoms with Crippen molar-refractivity contribution >= 4 is 23.2 Å². The fraction of sp³-hybridized carbons (Fsp3) is 0.364. The van der Waals surface area contributed by atoms with Gasteiger partial charge in [0.1, 0.15) is 5.82 Å². The van der Waals surface area contributed by atoms with Crippen molar-refractivity contribution in [2.75, 3.05) is 36.4 Å². The van der Waals surface area contributed by atoms with Crippen molar-refractivity contribution in [1.29, 1.82) is 0 Å². The molecule has 0 aromatic heterocycles. The van der Waals surface area contributed by atoms with E-state index in [9.17, 15) is 14.0 Å². The maximum atomic E-state index is 13.1. The van der Waals surface area contributed by atoms with Crippen LogP contribution in [0, 0.1) is 5.82 Å². The van der Waals surface area contributed by atoms with Gasteiger partial charge in [-0.2, -0.15) is 0 Å². The topological polar surface area (TPSA) is 52.7 Å². The van der Waals surface area contributed by atoms with Gasteiger partial charge in [-0.05, 0) is 41.3 Å². The van der Waals surface area contributed by atoms with Gasteiger partial charge in [-0.1, -0.05) is 39.0 Å². The molecule has 28 heavy (non-hydrogen) atoms. The Morgan fingerprint density at radius 1 is 0.929 bits per heavy atom. The van der Waals surface area contributed by atoms with Crippen LogP contribution < -0.4 is 10.2 Å². The number of carbonyl (C=O) groups is 2. The molecular formula is C22H26FN3O2. The summed E-state index contributed by atoms with van der Waals surface area (Å²) >= 11 is 0. The molecule has 2 amide bonds. The minimum Gasteiger partial charge on any atom is -0.368 e. The Morgan fingerprint density at radius 2 is 1.54 bits per heavy atom. The normalized spacial score (nSPS) is 14.7. The molecule has 1 fully saturated rings. The van der Waals surface area contributed by atoms with Gasteiger partial charge in [0.15, 0.2) is 0 Å². The third-order valence-corrected chi connectivity index (χ3v) is 4.94. The molecule has 0 unspecified atom stereocenters. The van der Waals surface area contributed by atoms with Gasteiger partial charge >= 0.3 is 11.8 Å². The van der Waals surface area contributed by atoms with Crippen molar-refractivity contribution in [2.24, 2.45) is 0 Å². The lowest BCUT2D eigenvalue weighted by Crippen LogP contribution is -2.51. The SMILES string of the molecule is CC(C)(C)c1ccccc1NC(=O)C(=O)N1CCN(c2ccc(F)cc2)CC1. The van der Waals surface area contributed by atoms with Crippen molar-refractivity contribution in [2.45, 2.75) is 26.2 Å². The van der Waals surface area contributed by atoms with E-state index in [0.717, 1.165) is 11.3 Å². The molecule has 1 N–H and O–H groups in total. The van der Waals surface area contributed by atoms with Gasteiger partial charge in [-0.25, -0.2) is 4.39 Å². The van der Waals surface area contributed by atoms with Gasteiger partial charge in [0.2, 0.25) is 0 Å². The van der Waals surface area contributed by atoms with Crippen molar-refractivity contribution in [3.63, 3.8) is 0 Å². The molecule has 1 aliphatic heterocycles. The number of nitrogens with zero attached hydrogens (tertiary/aromatic N) is 2. The number of rotatable bonds is 2. The van der Waals surface area contributed by atoms with E-state index >= 15 is 0 Å². The average Bonchev–Trinajstić information content (AvgIpc) is 2.68.